The van der Waals surface area contributed by atoms with E-state index in [0.29, 0.717) is 0 Å². The first kappa shape index (κ1) is 33.6. The summed E-state index contributed by atoms with van der Waals surface area (Å²) in [6.45, 7) is 14.4. The fraction of sp³-hybridized carbons (Fsp3) is 0.556. The molecule has 0 amide bonds. The molecule has 2 rings (SSSR count). The fourth-order valence-corrected chi connectivity index (χ4v) is 5.81. The summed E-state index contributed by atoms with van der Waals surface area (Å²) in [6.07, 6.45) is -0.515. The Morgan fingerprint density at radius 3 is 1.56 bits per heavy atom. The van der Waals surface area contributed by atoms with Crippen molar-refractivity contribution in [3.63, 3.8) is 0 Å². The average molecular weight is 603 g/mol. The lowest BCUT2D eigenvalue weighted by Gasteiger charge is -2.37. The van der Waals surface area contributed by atoms with Crippen molar-refractivity contribution in [1.29, 1.82) is 0 Å². The molecule has 0 aliphatic carbocycles. The summed E-state index contributed by atoms with van der Waals surface area (Å²) in [5, 5.41) is -0.0121. The zero-order valence-electron chi connectivity index (χ0n) is 23.9. The standard InChI is InChI=1S/C27H42O9S2Si/c1-22-8-12-25(13-9-22)37(28,29)34-18-16-32-20-24(21-36-39(6,7)27(3,4)5)33-17-19-35-38(30,31)26-14-10-23(2)11-15-26/h8-15,24H,16-21H2,1-7H3. The second kappa shape index (κ2) is 14.3. The van der Waals surface area contributed by atoms with Gasteiger partial charge in [0.1, 0.15) is 6.10 Å². The van der Waals surface area contributed by atoms with Gasteiger partial charge in [-0.1, -0.05) is 56.2 Å². The molecular weight excluding hydrogens is 561 g/mol. The first-order valence-corrected chi connectivity index (χ1v) is 18.5. The van der Waals surface area contributed by atoms with E-state index in [1.165, 1.54) is 24.3 Å². The smallest absolute Gasteiger partial charge is 0.297 e. The van der Waals surface area contributed by atoms with Crippen LogP contribution in [0.25, 0.3) is 0 Å². The van der Waals surface area contributed by atoms with E-state index in [4.69, 9.17) is 22.3 Å². The molecule has 0 aromatic heterocycles. The lowest BCUT2D eigenvalue weighted by molar-refractivity contribution is -0.0494. The molecule has 0 N–H and O–H groups in total. The van der Waals surface area contributed by atoms with Crippen LogP contribution in [0, 0.1) is 13.8 Å². The maximum atomic E-state index is 12.4. The normalized spacial score (nSPS) is 13.9. The van der Waals surface area contributed by atoms with Gasteiger partial charge in [-0.25, -0.2) is 0 Å². The highest BCUT2D eigenvalue weighted by molar-refractivity contribution is 7.87. The van der Waals surface area contributed by atoms with E-state index in [1.807, 2.05) is 13.8 Å². The third kappa shape index (κ3) is 11.0. The van der Waals surface area contributed by atoms with Crippen molar-refractivity contribution >= 4 is 28.6 Å². The van der Waals surface area contributed by atoms with Crippen molar-refractivity contribution in [3.05, 3.63) is 59.7 Å². The molecule has 12 heteroatoms. The highest BCUT2D eigenvalue weighted by atomic mass is 32.2. The first-order chi connectivity index (χ1) is 18.0. The Bertz CT molecular complexity index is 1240. The molecule has 0 saturated carbocycles. The summed E-state index contributed by atoms with van der Waals surface area (Å²) in [5.41, 5.74) is 1.89. The minimum absolute atomic E-state index is 0.00170. The van der Waals surface area contributed by atoms with Gasteiger partial charge in [0.25, 0.3) is 20.2 Å². The second-order valence-electron chi connectivity index (χ2n) is 10.8. The van der Waals surface area contributed by atoms with Gasteiger partial charge in [0.15, 0.2) is 8.32 Å². The van der Waals surface area contributed by atoms with Crippen molar-refractivity contribution in [3.8, 4) is 0 Å². The Labute approximate surface area is 235 Å². The van der Waals surface area contributed by atoms with Gasteiger partial charge in [0.2, 0.25) is 0 Å². The minimum atomic E-state index is -3.90. The van der Waals surface area contributed by atoms with Crippen LogP contribution in [0.15, 0.2) is 58.3 Å². The molecular formula is C27H42O9S2Si. The quantitative estimate of drug-likeness (QED) is 0.151. The molecule has 0 spiro atoms. The molecule has 9 nitrogen and oxygen atoms in total. The van der Waals surface area contributed by atoms with Gasteiger partial charge in [-0.15, -0.1) is 0 Å². The molecule has 0 fully saturated rings. The third-order valence-corrected chi connectivity index (χ3v) is 13.7. The van der Waals surface area contributed by atoms with Crippen LogP contribution in [0.2, 0.25) is 18.1 Å². The van der Waals surface area contributed by atoms with Crippen LogP contribution in [-0.2, 0) is 42.5 Å². The maximum Gasteiger partial charge on any atom is 0.297 e. The molecule has 1 unspecified atom stereocenters. The predicted molar refractivity (Wildman–Crippen MR) is 152 cm³/mol. The van der Waals surface area contributed by atoms with Crippen LogP contribution >= 0.6 is 0 Å². The zero-order valence-corrected chi connectivity index (χ0v) is 26.6. The van der Waals surface area contributed by atoms with Crippen LogP contribution in [0.3, 0.4) is 0 Å². The topological polar surface area (TPSA) is 114 Å². The monoisotopic (exact) mass is 602 g/mol. The van der Waals surface area contributed by atoms with Crippen molar-refractivity contribution < 1.29 is 39.1 Å². The van der Waals surface area contributed by atoms with Gasteiger partial charge >= 0.3 is 0 Å². The van der Waals surface area contributed by atoms with E-state index in [0.717, 1.165) is 11.1 Å². The van der Waals surface area contributed by atoms with Crippen LogP contribution in [0.4, 0.5) is 0 Å². The van der Waals surface area contributed by atoms with E-state index < -0.39 is 34.7 Å². The maximum absolute atomic E-state index is 12.4. The number of rotatable bonds is 16. The van der Waals surface area contributed by atoms with Crippen molar-refractivity contribution in [2.24, 2.45) is 0 Å². The lowest BCUT2D eigenvalue weighted by atomic mass is 10.2. The molecule has 0 heterocycles. The Hall–Kier alpha value is -1.64. The summed E-state index contributed by atoms with van der Waals surface area (Å²) in [4.78, 5) is 0.160. The number of hydrogen-bond acceptors (Lipinski definition) is 9. The molecule has 0 bridgehead atoms. The highest BCUT2D eigenvalue weighted by Crippen LogP contribution is 2.36. The second-order valence-corrected chi connectivity index (χ2v) is 18.9. The fourth-order valence-electron chi connectivity index (χ4n) is 2.98. The Morgan fingerprint density at radius 1 is 0.692 bits per heavy atom. The number of benzene rings is 2. The van der Waals surface area contributed by atoms with Crippen LogP contribution in [0.5, 0.6) is 0 Å². The summed E-state index contributed by atoms with van der Waals surface area (Å²) < 4.78 is 77.5. The Kier molecular flexibility index (Phi) is 12.3. The van der Waals surface area contributed by atoms with Crippen LogP contribution in [0.1, 0.15) is 31.9 Å². The molecule has 2 aromatic carbocycles. The number of aryl methyl sites for hydroxylation is 2. The minimum Gasteiger partial charge on any atom is -0.414 e. The van der Waals surface area contributed by atoms with Gasteiger partial charge in [-0.2, -0.15) is 16.8 Å². The summed E-state index contributed by atoms with van der Waals surface area (Å²) >= 11 is 0. The largest absolute Gasteiger partial charge is 0.414 e. The van der Waals surface area contributed by atoms with E-state index in [-0.39, 0.29) is 54.5 Å². The Balaban J connectivity index is 1.88. The lowest BCUT2D eigenvalue weighted by Crippen LogP contribution is -2.43. The molecule has 0 radical (unpaired) electrons. The van der Waals surface area contributed by atoms with E-state index in [1.54, 1.807) is 24.3 Å². The average Bonchev–Trinajstić information content (AvgIpc) is 2.84. The van der Waals surface area contributed by atoms with Crippen LogP contribution < -0.4 is 0 Å². The van der Waals surface area contributed by atoms with Crippen molar-refractivity contribution in [2.45, 2.75) is 68.6 Å². The van der Waals surface area contributed by atoms with Crippen LogP contribution in [-0.4, -0.2) is 70.9 Å². The Morgan fingerprint density at radius 2 is 1.13 bits per heavy atom. The van der Waals surface area contributed by atoms with Crippen molar-refractivity contribution in [2.75, 3.05) is 39.6 Å². The molecule has 0 aliphatic rings. The van der Waals surface area contributed by atoms with Gasteiger partial charge in [-0.05, 0) is 56.2 Å². The van der Waals surface area contributed by atoms with E-state index >= 15 is 0 Å². The summed E-state index contributed by atoms with van der Waals surface area (Å²) in [7, 11) is -9.87. The molecule has 1 atom stereocenters. The van der Waals surface area contributed by atoms with Gasteiger partial charge in [0.05, 0.1) is 49.4 Å². The molecule has 39 heavy (non-hydrogen) atoms. The molecule has 0 aliphatic heterocycles. The van der Waals surface area contributed by atoms with E-state index in [9.17, 15) is 16.8 Å². The number of hydrogen-bond donors (Lipinski definition) is 0. The third-order valence-electron chi connectivity index (χ3n) is 6.50. The highest BCUT2D eigenvalue weighted by Gasteiger charge is 2.37. The molecule has 2 aromatic rings. The summed E-state index contributed by atoms with van der Waals surface area (Å²) in [5.74, 6) is 0. The van der Waals surface area contributed by atoms with Gasteiger partial charge in [-0.3, -0.25) is 8.37 Å². The number of ether oxygens (including phenoxy) is 2. The van der Waals surface area contributed by atoms with E-state index in [2.05, 4.69) is 33.9 Å². The predicted octanol–water partition coefficient (Wildman–Crippen LogP) is 4.84. The zero-order chi connectivity index (χ0) is 29.3. The van der Waals surface area contributed by atoms with Crippen molar-refractivity contribution in [1.82, 2.24) is 0 Å². The van der Waals surface area contributed by atoms with Gasteiger partial charge in [0, 0.05) is 0 Å². The summed E-state index contributed by atoms with van der Waals surface area (Å²) in [6, 6.07) is 12.8. The first-order valence-electron chi connectivity index (χ1n) is 12.8. The molecule has 0 saturated heterocycles. The van der Waals surface area contributed by atoms with Gasteiger partial charge < -0.3 is 13.9 Å². The SMILES string of the molecule is Cc1ccc(S(=O)(=O)OCCOCC(CO[Si](C)(C)C(C)(C)C)OCCOS(=O)(=O)c2ccc(C)cc2)cc1. The molecule has 220 valence electrons.